The number of hydrogen-bond acceptors (Lipinski definition) is 4. The summed E-state index contributed by atoms with van der Waals surface area (Å²) in [7, 11) is 0. The highest BCUT2D eigenvalue weighted by Gasteiger charge is 2.20. The number of amides is 1. The fourth-order valence-electron chi connectivity index (χ4n) is 2.64. The topological polar surface area (TPSA) is 58.1 Å². The van der Waals surface area contributed by atoms with Crippen molar-refractivity contribution in [3.05, 3.63) is 53.2 Å². The van der Waals surface area contributed by atoms with Crippen LogP contribution in [0.5, 0.6) is 0 Å². The third-order valence-corrected chi connectivity index (χ3v) is 3.83. The van der Waals surface area contributed by atoms with Crippen molar-refractivity contribution in [3.63, 3.8) is 0 Å². The van der Waals surface area contributed by atoms with Gasteiger partial charge >= 0.3 is 0 Å². The summed E-state index contributed by atoms with van der Waals surface area (Å²) >= 11 is 0. The number of carbonyl (C=O) groups excluding carboxylic acids is 1. The van der Waals surface area contributed by atoms with Crippen LogP contribution in [0.3, 0.4) is 0 Å². The molecule has 0 atom stereocenters. The number of anilines is 1. The summed E-state index contributed by atoms with van der Waals surface area (Å²) in [5.41, 5.74) is 2.85. The second-order valence-corrected chi connectivity index (χ2v) is 5.65. The minimum absolute atomic E-state index is 0.0183. The van der Waals surface area contributed by atoms with Gasteiger partial charge in [0.1, 0.15) is 5.82 Å². The van der Waals surface area contributed by atoms with Crippen molar-refractivity contribution in [1.82, 2.24) is 15.1 Å². The lowest BCUT2D eigenvalue weighted by atomic mass is 10.1. The summed E-state index contributed by atoms with van der Waals surface area (Å²) in [6, 6.07) is 11.9. The van der Waals surface area contributed by atoms with E-state index >= 15 is 0 Å². The van der Waals surface area contributed by atoms with Gasteiger partial charge in [0, 0.05) is 19.6 Å². The highest BCUT2D eigenvalue weighted by molar-refractivity contribution is 5.92. The van der Waals surface area contributed by atoms with Gasteiger partial charge in [-0.25, -0.2) is 0 Å². The summed E-state index contributed by atoms with van der Waals surface area (Å²) in [5.74, 6) is 0.662. The number of carbonyl (C=O) groups is 1. The van der Waals surface area contributed by atoms with E-state index in [-0.39, 0.29) is 5.91 Å². The molecule has 1 aromatic carbocycles. The second kappa shape index (κ2) is 6.56. The van der Waals surface area contributed by atoms with E-state index in [9.17, 15) is 4.79 Å². The molecule has 1 aromatic heterocycles. The van der Waals surface area contributed by atoms with Crippen LogP contribution < -0.4 is 5.32 Å². The molecule has 0 aliphatic carbocycles. The number of hydrogen-bond donors (Lipinski definition) is 1. The average molecular weight is 296 g/mol. The Morgan fingerprint density at radius 1 is 1.18 bits per heavy atom. The lowest BCUT2D eigenvalue weighted by Crippen LogP contribution is -2.28. The number of rotatable bonds is 4. The number of nitrogens with one attached hydrogen (secondary N) is 1. The van der Waals surface area contributed by atoms with E-state index in [1.54, 1.807) is 6.07 Å². The Morgan fingerprint density at radius 3 is 2.68 bits per heavy atom. The minimum atomic E-state index is -0.0183. The Kier molecular flexibility index (Phi) is 4.32. The van der Waals surface area contributed by atoms with E-state index in [2.05, 4.69) is 40.6 Å². The SMILES string of the molecule is Cc1cccc(CNc2ccc(C(=O)N3CCCC3)nn2)c1. The summed E-state index contributed by atoms with van der Waals surface area (Å²) in [5, 5.41) is 11.4. The second-order valence-electron chi connectivity index (χ2n) is 5.65. The predicted molar refractivity (Wildman–Crippen MR) is 85.7 cm³/mol. The van der Waals surface area contributed by atoms with Crippen LogP contribution in [-0.4, -0.2) is 34.1 Å². The number of likely N-dealkylation sites (tertiary alicyclic amines) is 1. The molecule has 1 saturated heterocycles. The fourth-order valence-corrected chi connectivity index (χ4v) is 2.64. The average Bonchev–Trinajstić information content (AvgIpc) is 3.07. The molecule has 3 rings (SSSR count). The van der Waals surface area contributed by atoms with E-state index in [1.165, 1.54) is 11.1 Å². The molecule has 2 heterocycles. The van der Waals surface area contributed by atoms with Gasteiger partial charge in [-0.3, -0.25) is 4.79 Å². The Bertz CT molecular complexity index is 648. The molecule has 114 valence electrons. The van der Waals surface area contributed by atoms with E-state index in [0.29, 0.717) is 18.1 Å². The maximum atomic E-state index is 12.2. The van der Waals surface area contributed by atoms with Crippen molar-refractivity contribution in [3.8, 4) is 0 Å². The van der Waals surface area contributed by atoms with Gasteiger partial charge in [-0.2, -0.15) is 0 Å². The lowest BCUT2D eigenvalue weighted by molar-refractivity contribution is 0.0786. The Hall–Kier alpha value is -2.43. The number of aromatic nitrogens is 2. The van der Waals surface area contributed by atoms with Crippen LogP contribution in [0.2, 0.25) is 0 Å². The van der Waals surface area contributed by atoms with Crippen molar-refractivity contribution in [2.24, 2.45) is 0 Å². The summed E-state index contributed by atoms with van der Waals surface area (Å²) in [6.45, 7) is 4.42. The maximum Gasteiger partial charge on any atom is 0.274 e. The number of benzene rings is 1. The first kappa shape index (κ1) is 14.5. The van der Waals surface area contributed by atoms with Gasteiger partial charge in [0.15, 0.2) is 5.69 Å². The molecule has 1 aliphatic heterocycles. The normalized spacial score (nSPS) is 14.1. The molecule has 5 nitrogen and oxygen atoms in total. The van der Waals surface area contributed by atoms with Crippen molar-refractivity contribution < 1.29 is 4.79 Å². The molecule has 0 bridgehead atoms. The zero-order chi connectivity index (χ0) is 15.4. The Morgan fingerprint density at radius 2 is 2.00 bits per heavy atom. The summed E-state index contributed by atoms with van der Waals surface area (Å²) < 4.78 is 0. The Balaban J connectivity index is 1.60. The molecule has 5 heteroatoms. The van der Waals surface area contributed by atoms with Crippen LogP contribution >= 0.6 is 0 Å². The third kappa shape index (κ3) is 3.42. The van der Waals surface area contributed by atoms with Crippen LogP contribution in [0, 0.1) is 6.92 Å². The first-order valence-electron chi connectivity index (χ1n) is 7.65. The summed E-state index contributed by atoms with van der Waals surface area (Å²) in [4.78, 5) is 14.0. The zero-order valence-corrected chi connectivity index (χ0v) is 12.7. The zero-order valence-electron chi connectivity index (χ0n) is 12.7. The molecule has 0 saturated carbocycles. The van der Waals surface area contributed by atoms with Gasteiger partial charge in [-0.15, -0.1) is 10.2 Å². The smallest absolute Gasteiger partial charge is 0.274 e. The van der Waals surface area contributed by atoms with Crippen LogP contribution in [-0.2, 0) is 6.54 Å². The maximum absolute atomic E-state index is 12.2. The van der Waals surface area contributed by atoms with Crippen LogP contribution in [0.25, 0.3) is 0 Å². The summed E-state index contributed by atoms with van der Waals surface area (Å²) in [6.07, 6.45) is 2.16. The molecule has 0 spiro atoms. The van der Waals surface area contributed by atoms with E-state index in [4.69, 9.17) is 0 Å². The van der Waals surface area contributed by atoms with Gasteiger partial charge in [0.2, 0.25) is 0 Å². The molecule has 0 radical (unpaired) electrons. The molecule has 22 heavy (non-hydrogen) atoms. The van der Waals surface area contributed by atoms with Crippen LogP contribution in [0.1, 0.15) is 34.5 Å². The quantitative estimate of drug-likeness (QED) is 0.942. The van der Waals surface area contributed by atoms with Gasteiger partial charge < -0.3 is 10.2 Å². The van der Waals surface area contributed by atoms with Crippen LogP contribution in [0.15, 0.2) is 36.4 Å². The first-order chi connectivity index (χ1) is 10.7. The van der Waals surface area contributed by atoms with E-state index < -0.39 is 0 Å². The van der Waals surface area contributed by atoms with Gasteiger partial charge in [0.25, 0.3) is 5.91 Å². The largest absolute Gasteiger partial charge is 0.365 e. The molecular weight excluding hydrogens is 276 g/mol. The molecule has 2 aromatic rings. The van der Waals surface area contributed by atoms with Crippen molar-refractivity contribution >= 4 is 11.7 Å². The first-order valence-corrected chi connectivity index (χ1v) is 7.65. The molecular formula is C17H20N4O. The standard InChI is InChI=1S/C17H20N4O/c1-13-5-4-6-14(11-13)12-18-16-8-7-15(19-20-16)17(22)21-9-2-3-10-21/h4-8,11H,2-3,9-10,12H2,1H3,(H,18,20). The molecule has 1 aliphatic rings. The highest BCUT2D eigenvalue weighted by atomic mass is 16.2. The predicted octanol–water partition coefficient (Wildman–Crippen LogP) is 2.63. The molecule has 1 amide bonds. The van der Waals surface area contributed by atoms with E-state index in [1.807, 2.05) is 17.0 Å². The van der Waals surface area contributed by atoms with Gasteiger partial charge in [-0.1, -0.05) is 29.8 Å². The molecule has 0 unspecified atom stereocenters. The number of aryl methyl sites for hydroxylation is 1. The van der Waals surface area contributed by atoms with Crippen molar-refractivity contribution in [2.75, 3.05) is 18.4 Å². The fraction of sp³-hybridized carbons (Fsp3) is 0.353. The molecule has 1 N–H and O–H groups in total. The monoisotopic (exact) mass is 296 g/mol. The van der Waals surface area contributed by atoms with Gasteiger partial charge in [-0.05, 0) is 37.5 Å². The van der Waals surface area contributed by atoms with Gasteiger partial charge in [0.05, 0.1) is 0 Å². The third-order valence-electron chi connectivity index (χ3n) is 3.83. The lowest BCUT2D eigenvalue weighted by Gasteiger charge is -2.14. The van der Waals surface area contributed by atoms with Crippen molar-refractivity contribution in [2.45, 2.75) is 26.3 Å². The minimum Gasteiger partial charge on any atom is -0.365 e. The Labute approximate surface area is 130 Å². The van der Waals surface area contributed by atoms with Crippen molar-refractivity contribution in [1.29, 1.82) is 0 Å². The molecule has 1 fully saturated rings. The highest BCUT2D eigenvalue weighted by Crippen LogP contribution is 2.12. The van der Waals surface area contributed by atoms with Crippen LogP contribution in [0.4, 0.5) is 5.82 Å². The van der Waals surface area contributed by atoms with E-state index in [0.717, 1.165) is 25.9 Å². The number of nitrogens with zero attached hydrogens (tertiary/aromatic N) is 3.